The van der Waals surface area contributed by atoms with Crippen molar-refractivity contribution in [1.29, 1.82) is 0 Å². The number of aromatic nitrogens is 2. The van der Waals surface area contributed by atoms with Crippen molar-refractivity contribution >= 4 is 5.91 Å². The number of carbonyl (C=O) groups excluding carboxylic acids is 1. The van der Waals surface area contributed by atoms with E-state index in [1.165, 1.54) is 0 Å². The van der Waals surface area contributed by atoms with Gasteiger partial charge in [-0.05, 0) is 44.4 Å². The Morgan fingerprint density at radius 1 is 1.36 bits per heavy atom. The number of carbonyl (C=O) groups is 1. The summed E-state index contributed by atoms with van der Waals surface area (Å²) >= 11 is 0. The standard InChI is InChI=1S/C19H25N3O3/c1-12(2)22-18(14-4-5-14)16(10-21-22)19(24)20-11-17(23)13-6-8-15(25-3)9-7-13/h6-10,12,14,17,23H,4-5,11H2,1-3H3,(H,20,24). The van der Waals surface area contributed by atoms with Crippen LogP contribution < -0.4 is 10.1 Å². The first-order chi connectivity index (χ1) is 12.0. The molecule has 25 heavy (non-hydrogen) atoms. The molecule has 1 aromatic heterocycles. The molecule has 0 saturated heterocycles. The van der Waals surface area contributed by atoms with E-state index in [0.717, 1.165) is 29.8 Å². The smallest absolute Gasteiger partial charge is 0.254 e. The highest BCUT2D eigenvalue weighted by Gasteiger charge is 2.33. The van der Waals surface area contributed by atoms with Crippen LogP contribution >= 0.6 is 0 Å². The number of nitrogens with zero attached hydrogens (tertiary/aromatic N) is 2. The van der Waals surface area contributed by atoms with Crippen molar-refractivity contribution in [2.75, 3.05) is 13.7 Å². The van der Waals surface area contributed by atoms with E-state index in [1.807, 2.05) is 4.68 Å². The molecule has 2 N–H and O–H groups in total. The number of hydrogen-bond acceptors (Lipinski definition) is 4. The average molecular weight is 343 g/mol. The highest BCUT2D eigenvalue weighted by atomic mass is 16.5. The quantitative estimate of drug-likeness (QED) is 0.810. The Balaban J connectivity index is 1.66. The fourth-order valence-electron chi connectivity index (χ4n) is 2.95. The molecule has 0 aliphatic heterocycles. The Labute approximate surface area is 147 Å². The van der Waals surface area contributed by atoms with Crippen LogP contribution in [0.1, 0.15) is 66.4 Å². The maximum atomic E-state index is 12.6. The zero-order valence-corrected chi connectivity index (χ0v) is 14.9. The van der Waals surface area contributed by atoms with E-state index in [9.17, 15) is 9.90 Å². The lowest BCUT2D eigenvalue weighted by atomic mass is 10.1. The van der Waals surface area contributed by atoms with Crippen molar-refractivity contribution in [2.45, 2.75) is 44.8 Å². The molecule has 1 fully saturated rings. The molecule has 1 unspecified atom stereocenters. The van der Waals surface area contributed by atoms with Crippen LogP contribution in [0.25, 0.3) is 0 Å². The third kappa shape index (κ3) is 3.85. The Morgan fingerprint density at radius 3 is 2.60 bits per heavy atom. The highest BCUT2D eigenvalue weighted by molar-refractivity contribution is 5.95. The fraction of sp³-hybridized carbons (Fsp3) is 0.474. The molecule has 6 nitrogen and oxygen atoms in total. The summed E-state index contributed by atoms with van der Waals surface area (Å²) in [6, 6.07) is 7.39. The van der Waals surface area contributed by atoms with Crippen LogP contribution in [0.4, 0.5) is 0 Å². The van der Waals surface area contributed by atoms with Crippen LogP contribution in [0.2, 0.25) is 0 Å². The van der Waals surface area contributed by atoms with Crippen LogP contribution in [0.15, 0.2) is 30.5 Å². The van der Waals surface area contributed by atoms with Crippen molar-refractivity contribution in [3.63, 3.8) is 0 Å². The predicted molar refractivity (Wildman–Crippen MR) is 94.9 cm³/mol. The number of hydrogen-bond donors (Lipinski definition) is 2. The zero-order valence-electron chi connectivity index (χ0n) is 14.9. The second-order valence-corrected chi connectivity index (χ2v) is 6.76. The predicted octanol–water partition coefficient (Wildman–Crippen LogP) is 2.81. The van der Waals surface area contributed by atoms with Crippen LogP contribution in [-0.4, -0.2) is 34.4 Å². The summed E-state index contributed by atoms with van der Waals surface area (Å²) in [6.45, 7) is 4.28. The Bertz CT molecular complexity index is 733. The second-order valence-electron chi connectivity index (χ2n) is 6.76. The molecule has 0 spiro atoms. The average Bonchev–Trinajstić information content (AvgIpc) is 3.36. The summed E-state index contributed by atoms with van der Waals surface area (Å²) in [6.07, 6.45) is 3.09. The summed E-state index contributed by atoms with van der Waals surface area (Å²) < 4.78 is 7.04. The molecule has 6 heteroatoms. The SMILES string of the molecule is COc1ccc(C(O)CNC(=O)c2cnn(C(C)C)c2C2CC2)cc1. The maximum Gasteiger partial charge on any atom is 0.254 e. The van der Waals surface area contributed by atoms with Gasteiger partial charge < -0.3 is 15.2 Å². The van der Waals surface area contributed by atoms with Crippen molar-refractivity contribution in [1.82, 2.24) is 15.1 Å². The van der Waals surface area contributed by atoms with E-state index in [0.29, 0.717) is 11.5 Å². The first-order valence-electron chi connectivity index (χ1n) is 8.69. The van der Waals surface area contributed by atoms with Gasteiger partial charge in [0.25, 0.3) is 5.91 Å². The van der Waals surface area contributed by atoms with E-state index in [4.69, 9.17) is 4.74 Å². The van der Waals surface area contributed by atoms with E-state index < -0.39 is 6.10 Å². The third-order valence-corrected chi connectivity index (χ3v) is 4.49. The fourth-order valence-corrected chi connectivity index (χ4v) is 2.95. The van der Waals surface area contributed by atoms with Crippen LogP contribution in [0.3, 0.4) is 0 Å². The number of rotatable bonds is 7. The van der Waals surface area contributed by atoms with Gasteiger partial charge in [-0.15, -0.1) is 0 Å². The molecule has 2 aromatic rings. The summed E-state index contributed by atoms with van der Waals surface area (Å²) in [5, 5.41) is 17.5. The van der Waals surface area contributed by atoms with Crippen LogP contribution in [-0.2, 0) is 0 Å². The molecule has 0 bridgehead atoms. The van der Waals surface area contributed by atoms with Gasteiger partial charge in [-0.1, -0.05) is 12.1 Å². The minimum absolute atomic E-state index is 0.155. The largest absolute Gasteiger partial charge is 0.497 e. The number of amides is 1. The van der Waals surface area contributed by atoms with Crippen molar-refractivity contribution < 1.29 is 14.6 Å². The monoisotopic (exact) mass is 343 g/mol. The van der Waals surface area contributed by atoms with Crippen LogP contribution in [0.5, 0.6) is 5.75 Å². The summed E-state index contributed by atoms with van der Waals surface area (Å²) in [5.74, 6) is 0.980. The Kier molecular flexibility index (Phi) is 5.08. The minimum atomic E-state index is -0.764. The van der Waals surface area contributed by atoms with Crippen molar-refractivity contribution in [3.8, 4) is 5.75 Å². The highest BCUT2D eigenvalue weighted by Crippen LogP contribution is 2.42. The number of nitrogens with one attached hydrogen (secondary N) is 1. The Morgan fingerprint density at radius 2 is 2.04 bits per heavy atom. The summed E-state index contributed by atoms with van der Waals surface area (Å²) in [4.78, 5) is 12.6. The molecule has 1 atom stereocenters. The minimum Gasteiger partial charge on any atom is -0.497 e. The summed E-state index contributed by atoms with van der Waals surface area (Å²) in [5.41, 5.74) is 2.38. The van der Waals surface area contributed by atoms with Gasteiger partial charge in [0.2, 0.25) is 0 Å². The zero-order chi connectivity index (χ0) is 18.0. The molecule has 1 amide bonds. The van der Waals surface area contributed by atoms with Gasteiger partial charge in [0.05, 0.1) is 30.7 Å². The first-order valence-corrected chi connectivity index (χ1v) is 8.69. The topological polar surface area (TPSA) is 76.4 Å². The molecule has 1 aromatic carbocycles. The number of methoxy groups -OCH3 is 1. The van der Waals surface area contributed by atoms with Gasteiger partial charge in [-0.3, -0.25) is 9.48 Å². The molecule has 1 aliphatic rings. The molecule has 1 saturated carbocycles. The van der Waals surface area contributed by atoms with E-state index in [1.54, 1.807) is 37.6 Å². The molecule has 1 aliphatic carbocycles. The lowest BCUT2D eigenvalue weighted by Gasteiger charge is -2.14. The van der Waals surface area contributed by atoms with Crippen molar-refractivity contribution in [3.05, 3.63) is 47.3 Å². The first kappa shape index (κ1) is 17.5. The molecular formula is C19H25N3O3. The molecule has 134 valence electrons. The molecular weight excluding hydrogens is 318 g/mol. The van der Waals surface area contributed by atoms with Gasteiger partial charge in [0, 0.05) is 18.5 Å². The van der Waals surface area contributed by atoms with Gasteiger partial charge in [0.1, 0.15) is 5.75 Å². The lowest BCUT2D eigenvalue weighted by Crippen LogP contribution is -2.29. The molecule has 1 heterocycles. The molecule has 0 radical (unpaired) electrons. The normalized spacial score (nSPS) is 15.2. The second kappa shape index (κ2) is 7.27. The molecule has 3 rings (SSSR count). The van der Waals surface area contributed by atoms with E-state index in [2.05, 4.69) is 24.3 Å². The Hall–Kier alpha value is -2.34. The van der Waals surface area contributed by atoms with E-state index in [-0.39, 0.29) is 18.5 Å². The number of aliphatic hydroxyl groups excluding tert-OH is 1. The van der Waals surface area contributed by atoms with Crippen LogP contribution in [0, 0.1) is 0 Å². The van der Waals surface area contributed by atoms with Gasteiger partial charge in [-0.25, -0.2) is 0 Å². The van der Waals surface area contributed by atoms with Gasteiger partial charge in [0.15, 0.2) is 0 Å². The number of aliphatic hydroxyl groups is 1. The third-order valence-electron chi connectivity index (χ3n) is 4.49. The lowest BCUT2D eigenvalue weighted by molar-refractivity contribution is 0.0915. The number of benzene rings is 1. The number of ether oxygens (including phenoxy) is 1. The van der Waals surface area contributed by atoms with Crippen molar-refractivity contribution in [2.24, 2.45) is 0 Å². The van der Waals surface area contributed by atoms with E-state index >= 15 is 0 Å². The maximum absolute atomic E-state index is 12.6. The van der Waals surface area contributed by atoms with Gasteiger partial charge >= 0.3 is 0 Å². The van der Waals surface area contributed by atoms with Gasteiger partial charge in [-0.2, -0.15) is 5.10 Å². The summed E-state index contributed by atoms with van der Waals surface area (Å²) in [7, 11) is 1.60.